The van der Waals surface area contributed by atoms with Crippen LogP contribution >= 0.6 is 7.82 Å². The van der Waals surface area contributed by atoms with Crippen LogP contribution in [0.3, 0.4) is 0 Å². The standard InChI is InChI=1S/C40H75O14P/c1-5-9-11-13-15-17-19-21-23-25-27-29-36(41)51-34(31-32-38(53-39(43)48-7-3)54-40(44)49-8-4)35(33-50-55(45,46)47)52-37(42)30-28-26-24-22-20-18-16-14-12-10-6-2/h34-35,38H,5-33H2,1-4H3,(H2,45,46,47). The Morgan fingerprint density at radius 2 is 0.818 bits per heavy atom. The molecule has 0 radical (unpaired) electrons. The molecular weight excluding hydrogens is 735 g/mol. The van der Waals surface area contributed by atoms with E-state index in [1.54, 1.807) is 13.8 Å². The summed E-state index contributed by atoms with van der Waals surface area (Å²) in [5.41, 5.74) is 0. The second-order valence-corrected chi connectivity index (χ2v) is 15.3. The summed E-state index contributed by atoms with van der Waals surface area (Å²) in [4.78, 5) is 69.2. The largest absolute Gasteiger partial charge is 0.511 e. The molecule has 2 unspecified atom stereocenters. The zero-order valence-electron chi connectivity index (χ0n) is 34.5. The fourth-order valence-electron chi connectivity index (χ4n) is 5.99. The van der Waals surface area contributed by atoms with Gasteiger partial charge in [-0.15, -0.1) is 0 Å². The average molecular weight is 811 g/mol. The minimum absolute atomic E-state index is 0.0128. The third-order valence-corrected chi connectivity index (χ3v) is 9.51. The molecule has 0 spiro atoms. The molecule has 14 nitrogen and oxygen atoms in total. The predicted octanol–water partition coefficient (Wildman–Crippen LogP) is 10.8. The topological polar surface area (TPSA) is 190 Å². The first-order chi connectivity index (χ1) is 26.4. The molecule has 0 saturated carbocycles. The van der Waals surface area contributed by atoms with Gasteiger partial charge >= 0.3 is 32.1 Å². The van der Waals surface area contributed by atoms with Crippen molar-refractivity contribution in [1.82, 2.24) is 0 Å². The van der Waals surface area contributed by atoms with E-state index < -0.39 is 57.2 Å². The van der Waals surface area contributed by atoms with E-state index in [-0.39, 0.29) is 38.9 Å². The first kappa shape index (κ1) is 52.6. The maximum atomic E-state index is 13.1. The van der Waals surface area contributed by atoms with Gasteiger partial charge in [-0.2, -0.15) is 0 Å². The number of carbonyl (C=O) groups is 4. The molecule has 2 N–H and O–H groups in total. The summed E-state index contributed by atoms with van der Waals surface area (Å²) in [5, 5.41) is 0. The van der Waals surface area contributed by atoms with Crippen LogP contribution in [0.25, 0.3) is 0 Å². The van der Waals surface area contributed by atoms with Crippen molar-refractivity contribution in [2.45, 2.75) is 213 Å². The summed E-state index contributed by atoms with van der Waals surface area (Å²) in [6.07, 6.45) is 17.2. The Bertz CT molecular complexity index is 1000. The van der Waals surface area contributed by atoms with Crippen LogP contribution < -0.4 is 0 Å². The van der Waals surface area contributed by atoms with Gasteiger partial charge in [0.15, 0.2) is 6.10 Å². The average Bonchev–Trinajstić information content (AvgIpc) is 3.12. The maximum absolute atomic E-state index is 13.1. The summed E-state index contributed by atoms with van der Waals surface area (Å²) in [6, 6.07) is 0. The van der Waals surface area contributed by atoms with Crippen LogP contribution in [0.15, 0.2) is 0 Å². The highest BCUT2D eigenvalue weighted by Gasteiger charge is 2.33. The van der Waals surface area contributed by atoms with Crippen molar-refractivity contribution in [3.8, 4) is 0 Å². The van der Waals surface area contributed by atoms with Crippen LogP contribution in [0.4, 0.5) is 9.59 Å². The summed E-state index contributed by atoms with van der Waals surface area (Å²) < 4.78 is 47.6. The highest BCUT2D eigenvalue weighted by Crippen LogP contribution is 2.36. The number of ether oxygens (including phenoxy) is 6. The van der Waals surface area contributed by atoms with Gasteiger partial charge in [-0.25, -0.2) is 14.2 Å². The van der Waals surface area contributed by atoms with Crippen molar-refractivity contribution < 1.29 is 66.5 Å². The lowest BCUT2D eigenvalue weighted by molar-refractivity contribution is -0.173. The molecule has 0 amide bonds. The number of rotatable bonds is 37. The van der Waals surface area contributed by atoms with Gasteiger partial charge in [-0.1, -0.05) is 142 Å². The number of hydrogen-bond acceptors (Lipinski definition) is 12. The van der Waals surface area contributed by atoms with Gasteiger partial charge in [0, 0.05) is 19.3 Å². The van der Waals surface area contributed by atoms with E-state index in [1.165, 1.54) is 77.0 Å². The molecule has 0 bridgehead atoms. The predicted molar refractivity (Wildman–Crippen MR) is 209 cm³/mol. The molecule has 0 aliphatic rings. The van der Waals surface area contributed by atoms with Gasteiger partial charge < -0.3 is 38.2 Å². The Labute approximate surface area is 331 Å². The molecule has 0 rings (SSSR count). The molecule has 0 aliphatic carbocycles. The second kappa shape index (κ2) is 36.0. The Morgan fingerprint density at radius 1 is 0.473 bits per heavy atom. The fourth-order valence-corrected chi connectivity index (χ4v) is 6.33. The molecule has 324 valence electrons. The van der Waals surface area contributed by atoms with Crippen LogP contribution in [-0.2, 0) is 47.1 Å². The summed E-state index contributed by atoms with van der Waals surface area (Å²) in [6.45, 7) is 6.71. The second-order valence-electron chi connectivity index (χ2n) is 14.0. The molecule has 0 aromatic heterocycles. The lowest BCUT2D eigenvalue weighted by atomic mass is 10.0. The molecule has 15 heteroatoms. The minimum Gasteiger partial charge on any atom is -0.458 e. The highest BCUT2D eigenvalue weighted by atomic mass is 31.2. The van der Waals surface area contributed by atoms with E-state index in [1.807, 2.05) is 0 Å². The number of phosphoric acid groups is 1. The van der Waals surface area contributed by atoms with Crippen LogP contribution in [0.5, 0.6) is 0 Å². The number of carbonyl (C=O) groups excluding carboxylic acids is 4. The first-order valence-corrected chi connectivity index (χ1v) is 22.7. The fraction of sp³-hybridized carbons (Fsp3) is 0.900. The number of esters is 2. The number of unbranched alkanes of at least 4 members (excludes halogenated alkanes) is 20. The van der Waals surface area contributed by atoms with Crippen LogP contribution in [0.2, 0.25) is 0 Å². The number of phosphoric ester groups is 1. The van der Waals surface area contributed by atoms with Crippen molar-refractivity contribution in [2.24, 2.45) is 0 Å². The monoisotopic (exact) mass is 810 g/mol. The summed E-state index contributed by atoms with van der Waals surface area (Å²) >= 11 is 0. The van der Waals surface area contributed by atoms with E-state index in [0.717, 1.165) is 51.4 Å². The van der Waals surface area contributed by atoms with Crippen molar-refractivity contribution in [3.63, 3.8) is 0 Å². The number of hydrogen-bond donors (Lipinski definition) is 2. The third-order valence-electron chi connectivity index (χ3n) is 9.02. The van der Waals surface area contributed by atoms with Crippen molar-refractivity contribution in [3.05, 3.63) is 0 Å². The molecule has 2 atom stereocenters. The Balaban J connectivity index is 5.49. The quantitative estimate of drug-likeness (QED) is 0.0198. The molecule has 0 aromatic rings. The molecule has 0 aromatic carbocycles. The van der Waals surface area contributed by atoms with Crippen molar-refractivity contribution in [2.75, 3.05) is 19.8 Å². The van der Waals surface area contributed by atoms with E-state index in [4.69, 9.17) is 32.9 Å². The van der Waals surface area contributed by atoms with Gasteiger partial charge in [-0.05, 0) is 33.1 Å². The molecule has 55 heavy (non-hydrogen) atoms. The van der Waals surface area contributed by atoms with Crippen LogP contribution in [-0.4, -0.2) is 72.4 Å². The zero-order valence-corrected chi connectivity index (χ0v) is 35.4. The molecule has 0 heterocycles. The Morgan fingerprint density at radius 3 is 1.16 bits per heavy atom. The van der Waals surface area contributed by atoms with E-state index in [2.05, 4.69) is 13.8 Å². The Hall–Kier alpha value is -2.41. The molecular formula is C40H75O14P. The van der Waals surface area contributed by atoms with Crippen LogP contribution in [0.1, 0.15) is 195 Å². The van der Waals surface area contributed by atoms with Gasteiger partial charge in [0.2, 0.25) is 0 Å². The van der Waals surface area contributed by atoms with Gasteiger partial charge in [0.1, 0.15) is 6.10 Å². The first-order valence-electron chi connectivity index (χ1n) is 21.2. The maximum Gasteiger partial charge on any atom is 0.511 e. The molecule has 0 fully saturated rings. The van der Waals surface area contributed by atoms with E-state index in [9.17, 15) is 33.5 Å². The lowest BCUT2D eigenvalue weighted by Crippen LogP contribution is -2.39. The van der Waals surface area contributed by atoms with Crippen molar-refractivity contribution >= 4 is 32.1 Å². The van der Waals surface area contributed by atoms with Gasteiger partial charge in [0.25, 0.3) is 6.29 Å². The van der Waals surface area contributed by atoms with E-state index >= 15 is 0 Å². The highest BCUT2D eigenvalue weighted by molar-refractivity contribution is 7.46. The molecule has 0 saturated heterocycles. The Kier molecular flexibility index (Phi) is 34.4. The lowest BCUT2D eigenvalue weighted by Gasteiger charge is -2.28. The molecule has 0 aliphatic heterocycles. The van der Waals surface area contributed by atoms with Gasteiger partial charge in [0.05, 0.1) is 19.8 Å². The SMILES string of the molecule is CCCCCCCCCCCCCC(=O)OC(CCC(OC(=O)OCC)OC(=O)OCC)C(COP(=O)(O)O)OC(=O)CCCCCCCCCCCCC. The summed E-state index contributed by atoms with van der Waals surface area (Å²) in [7, 11) is -5.02. The van der Waals surface area contributed by atoms with Gasteiger partial charge in [-0.3, -0.25) is 14.1 Å². The van der Waals surface area contributed by atoms with E-state index in [0.29, 0.717) is 12.8 Å². The third kappa shape index (κ3) is 34.6. The van der Waals surface area contributed by atoms with Crippen molar-refractivity contribution in [1.29, 1.82) is 0 Å². The minimum atomic E-state index is -5.02. The zero-order chi connectivity index (χ0) is 41.0. The normalized spacial score (nSPS) is 12.6. The van der Waals surface area contributed by atoms with Crippen LogP contribution in [0, 0.1) is 0 Å². The summed E-state index contributed by atoms with van der Waals surface area (Å²) in [5.74, 6) is -1.26. The smallest absolute Gasteiger partial charge is 0.458 e.